The van der Waals surface area contributed by atoms with Crippen molar-refractivity contribution in [2.75, 3.05) is 0 Å². The molecule has 3 heterocycles. The summed E-state index contributed by atoms with van der Waals surface area (Å²) >= 11 is 0. The van der Waals surface area contributed by atoms with Crippen LogP contribution in [0.1, 0.15) is 11.1 Å². The van der Waals surface area contributed by atoms with Gasteiger partial charge in [-0.05, 0) is 90.0 Å². The summed E-state index contributed by atoms with van der Waals surface area (Å²) in [7, 11) is 0. The lowest BCUT2D eigenvalue weighted by molar-refractivity contribution is 0.475. The second-order valence-electron chi connectivity index (χ2n) is 10.3. The molecule has 0 atom stereocenters. The molecule has 0 amide bonds. The summed E-state index contributed by atoms with van der Waals surface area (Å²) in [5.74, 6) is 1.82. The fourth-order valence-corrected chi connectivity index (χ4v) is 5.96. The van der Waals surface area contributed by atoms with Gasteiger partial charge in [0.15, 0.2) is 11.5 Å². The topological polar surface area (TPSA) is 27.1 Å². The number of aromatic nitrogens is 2. The molecule has 8 rings (SSSR count). The number of nitrogens with zero attached hydrogens (tertiary/aromatic N) is 2. The van der Waals surface area contributed by atoms with Crippen LogP contribution in [0.3, 0.4) is 0 Å². The molecule has 2 aromatic heterocycles. The Morgan fingerprint density at radius 3 is 2.39 bits per heavy atom. The smallest absolute Gasteiger partial charge is 0.152 e. The summed E-state index contributed by atoms with van der Waals surface area (Å²) in [5.41, 5.74) is 10.3. The molecule has 0 fully saturated rings. The van der Waals surface area contributed by atoms with Crippen molar-refractivity contribution in [1.82, 2.24) is 9.55 Å². The molecule has 7 aromatic rings. The zero-order valence-electron chi connectivity index (χ0n) is 21.2. The molecule has 0 unspecified atom stereocenters. The van der Waals surface area contributed by atoms with Crippen LogP contribution in [0.25, 0.3) is 60.6 Å². The highest BCUT2D eigenvalue weighted by molar-refractivity contribution is 6.13. The Labute approximate surface area is 220 Å². The van der Waals surface area contributed by atoms with Crippen molar-refractivity contribution in [3.8, 4) is 39.6 Å². The van der Waals surface area contributed by atoms with E-state index in [2.05, 4.69) is 122 Å². The van der Waals surface area contributed by atoms with Crippen LogP contribution in [0.5, 0.6) is 11.5 Å². The van der Waals surface area contributed by atoms with E-state index in [4.69, 9.17) is 9.72 Å². The van der Waals surface area contributed by atoms with Gasteiger partial charge < -0.3 is 9.30 Å². The summed E-state index contributed by atoms with van der Waals surface area (Å²) < 4.78 is 8.79. The van der Waals surface area contributed by atoms with Gasteiger partial charge in [-0.3, -0.25) is 4.98 Å². The third-order valence-electron chi connectivity index (χ3n) is 7.69. The summed E-state index contributed by atoms with van der Waals surface area (Å²) in [6.45, 7) is 4.24. The molecule has 3 heteroatoms. The number of aryl methyl sites for hydroxylation is 2. The number of hydrogen-bond acceptors (Lipinski definition) is 2. The summed E-state index contributed by atoms with van der Waals surface area (Å²) in [6, 6.07) is 36.9. The molecule has 0 radical (unpaired) electrons. The Hall–Kier alpha value is -4.89. The zero-order valence-corrected chi connectivity index (χ0v) is 21.2. The van der Waals surface area contributed by atoms with Crippen molar-refractivity contribution in [1.29, 1.82) is 0 Å². The summed E-state index contributed by atoms with van der Waals surface area (Å²) in [6.07, 6.45) is 1.90. The molecule has 1 aliphatic heterocycles. The normalized spacial score (nSPS) is 12.2. The van der Waals surface area contributed by atoms with Gasteiger partial charge in [-0.15, -0.1) is 0 Å². The van der Waals surface area contributed by atoms with Crippen LogP contribution >= 0.6 is 0 Å². The van der Waals surface area contributed by atoms with Crippen molar-refractivity contribution < 1.29 is 4.74 Å². The fraction of sp³-hybridized carbons (Fsp3) is 0.0571. The average Bonchev–Trinajstić information content (AvgIpc) is 3.27. The van der Waals surface area contributed by atoms with Crippen molar-refractivity contribution in [3.63, 3.8) is 0 Å². The Morgan fingerprint density at radius 1 is 0.605 bits per heavy atom. The molecule has 180 valence electrons. The van der Waals surface area contributed by atoms with E-state index < -0.39 is 0 Å². The number of pyridine rings is 1. The minimum absolute atomic E-state index is 0.904. The summed E-state index contributed by atoms with van der Waals surface area (Å²) in [5, 5.41) is 4.82. The van der Waals surface area contributed by atoms with Crippen molar-refractivity contribution in [2.45, 2.75) is 13.8 Å². The van der Waals surface area contributed by atoms with Crippen LogP contribution in [0.2, 0.25) is 0 Å². The second kappa shape index (κ2) is 7.80. The molecule has 0 bridgehead atoms. The molecule has 0 saturated heterocycles. The maximum atomic E-state index is 6.43. The minimum Gasteiger partial charge on any atom is -0.453 e. The minimum atomic E-state index is 0.904. The van der Waals surface area contributed by atoms with Crippen LogP contribution < -0.4 is 4.74 Å². The Balaban J connectivity index is 1.35. The van der Waals surface area contributed by atoms with E-state index in [1.54, 1.807) is 0 Å². The van der Waals surface area contributed by atoms with Gasteiger partial charge in [-0.25, -0.2) is 0 Å². The van der Waals surface area contributed by atoms with Gasteiger partial charge in [0.1, 0.15) is 0 Å². The van der Waals surface area contributed by atoms with E-state index in [0.29, 0.717) is 0 Å². The lowest BCUT2D eigenvalue weighted by Gasteiger charge is -2.21. The van der Waals surface area contributed by atoms with Gasteiger partial charge in [-0.1, -0.05) is 54.6 Å². The number of hydrogen-bond donors (Lipinski definition) is 0. The SMILES string of the molecule is Cc1ccc2c(c1)Oc1cc(C)cc3c4cc(-c5cccc(-c6nccc7ccccc67)c5)ccc4n-2c13. The first-order valence-corrected chi connectivity index (χ1v) is 13.0. The van der Waals surface area contributed by atoms with Gasteiger partial charge >= 0.3 is 0 Å². The molecule has 5 aromatic carbocycles. The predicted molar refractivity (Wildman–Crippen MR) is 157 cm³/mol. The highest BCUT2D eigenvalue weighted by Crippen LogP contribution is 2.46. The molecule has 3 nitrogen and oxygen atoms in total. The second-order valence-corrected chi connectivity index (χ2v) is 10.3. The fourth-order valence-electron chi connectivity index (χ4n) is 5.96. The zero-order chi connectivity index (χ0) is 25.4. The number of ether oxygens (including phenoxy) is 1. The van der Waals surface area contributed by atoms with E-state index in [9.17, 15) is 0 Å². The molecular formula is C35H24N2O. The Bertz CT molecular complexity index is 2080. The molecule has 0 saturated carbocycles. The van der Waals surface area contributed by atoms with E-state index in [1.165, 1.54) is 49.3 Å². The maximum Gasteiger partial charge on any atom is 0.152 e. The van der Waals surface area contributed by atoms with Crippen LogP contribution in [0.4, 0.5) is 0 Å². The van der Waals surface area contributed by atoms with Gasteiger partial charge in [0.05, 0.1) is 22.4 Å². The van der Waals surface area contributed by atoms with E-state index in [-0.39, 0.29) is 0 Å². The lowest BCUT2D eigenvalue weighted by atomic mass is 9.98. The van der Waals surface area contributed by atoms with Gasteiger partial charge in [0.25, 0.3) is 0 Å². The van der Waals surface area contributed by atoms with Crippen molar-refractivity contribution >= 4 is 32.6 Å². The first kappa shape index (κ1) is 21.2. The third-order valence-corrected chi connectivity index (χ3v) is 7.69. The molecule has 0 spiro atoms. The largest absolute Gasteiger partial charge is 0.453 e. The highest BCUT2D eigenvalue weighted by atomic mass is 16.5. The van der Waals surface area contributed by atoms with E-state index >= 15 is 0 Å². The number of benzene rings is 5. The highest BCUT2D eigenvalue weighted by Gasteiger charge is 2.24. The molecule has 0 aliphatic carbocycles. The van der Waals surface area contributed by atoms with Crippen LogP contribution in [-0.4, -0.2) is 9.55 Å². The lowest BCUT2D eigenvalue weighted by Crippen LogP contribution is -2.04. The maximum absolute atomic E-state index is 6.43. The van der Waals surface area contributed by atoms with E-state index in [1.807, 2.05) is 6.20 Å². The summed E-state index contributed by atoms with van der Waals surface area (Å²) in [4.78, 5) is 4.75. The predicted octanol–water partition coefficient (Wildman–Crippen LogP) is 9.39. The number of fused-ring (bicyclic) bond motifs is 6. The molecular weight excluding hydrogens is 464 g/mol. The number of rotatable bonds is 2. The van der Waals surface area contributed by atoms with Crippen molar-refractivity contribution in [2.24, 2.45) is 0 Å². The van der Waals surface area contributed by atoms with Gasteiger partial charge in [-0.2, -0.15) is 0 Å². The van der Waals surface area contributed by atoms with Gasteiger partial charge in [0.2, 0.25) is 0 Å². The standard InChI is InChI=1S/C35H24N2O/c1-21-10-12-31-32(17-21)38-33-18-22(2)16-29-28-20-25(11-13-30(28)37(31)35(29)33)24-7-5-8-26(19-24)34-27-9-4-3-6-23(27)14-15-36-34/h3-20H,1-2H3. The van der Waals surface area contributed by atoms with Gasteiger partial charge in [0, 0.05) is 27.9 Å². The Morgan fingerprint density at radius 2 is 1.45 bits per heavy atom. The third kappa shape index (κ3) is 3.05. The van der Waals surface area contributed by atoms with Crippen LogP contribution in [0, 0.1) is 13.8 Å². The van der Waals surface area contributed by atoms with E-state index in [0.717, 1.165) is 34.0 Å². The first-order chi connectivity index (χ1) is 18.6. The monoisotopic (exact) mass is 488 g/mol. The molecule has 0 N–H and O–H groups in total. The van der Waals surface area contributed by atoms with Crippen LogP contribution in [0.15, 0.2) is 109 Å². The first-order valence-electron chi connectivity index (χ1n) is 13.0. The molecule has 38 heavy (non-hydrogen) atoms. The Kier molecular flexibility index (Phi) is 4.36. The quantitative estimate of drug-likeness (QED) is 0.242. The molecule has 1 aliphatic rings. The van der Waals surface area contributed by atoms with Crippen LogP contribution in [-0.2, 0) is 0 Å². The van der Waals surface area contributed by atoms with Crippen molar-refractivity contribution in [3.05, 3.63) is 120 Å². The average molecular weight is 489 g/mol.